The van der Waals surface area contributed by atoms with Crippen LogP contribution < -0.4 is 0 Å². The maximum atomic E-state index is 13.8. The lowest BCUT2D eigenvalue weighted by Crippen LogP contribution is -2.10. The minimum atomic E-state index is -0.313. The van der Waals surface area contributed by atoms with E-state index in [2.05, 4.69) is 26.1 Å². The van der Waals surface area contributed by atoms with E-state index in [0.717, 1.165) is 12.1 Å². The Hall–Kier alpha value is -2.24. The van der Waals surface area contributed by atoms with Crippen molar-refractivity contribution in [3.8, 4) is 22.8 Å². The topological polar surface area (TPSA) is 44.8 Å². The fourth-order valence-corrected chi connectivity index (χ4v) is 2.34. The van der Waals surface area contributed by atoms with Crippen LogP contribution in [0.3, 0.4) is 0 Å². The van der Waals surface area contributed by atoms with Crippen molar-refractivity contribution >= 4 is 12.4 Å². The lowest BCUT2D eigenvalue weighted by molar-refractivity contribution is 0.402. The van der Waals surface area contributed by atoms with Gasteiger partial charge in [0.1, 0.15) is 5.82 Å². The van der Waals surface area contributed by atoms with E-state index in [9.17, 15) is 4.39 Å². The van der Waals surface area contributed by atoms with Crippen molar-refractivity contribution in [1.29, 1.82) is 0 Å². The first-order valence-corrected chi connectivity index (χ1v) is 7.05. The summed E-state index contributed by atoms with van der Waals surface area (Å²) in [5.41, 5.74) is 2.52. The quantitative estimate of drug-likeness (QED) is 0.791. The Balaban J connectivity index is 0.00000192. The molecule has 1 heterocycles. The molecule has 23 heavy (non-hydrogen) atoms. The van der Waals surface area contributed by atoms with Crippen molar-refractivity contribution in [2.75, 3.05) is 14.1 Å². The maximum absolute atomic E-state index is 13.8. The van der Waals surface area contributed by atoms with E-state index in [1.807, 2.05) is 32.3 Å². The molecular weight excluding hydrogens is 315 g/mol. The van der Waals surface area contributed by atoms with Gasteiger partial charge in [0.15, 0.2) is 11.6 Å². The molecule has 0 atom stereocenters. The van der Waals surface area contributed by atoms with Crippen LogP contribution in [-0.2, 0) is 6.54 Å². The molecule has 1 aromatic heterocycles. The number of benzene rings is 2. The largest absolute Gasteiger partial charge is 0.305 e. The number of halogens is 2. The zero-order chi connectivity index (χ0) is 15.5. The standard InChI is InChI=1S/C17H17FN4.ClH/c1-22(2)11-12-6-5-7-13(10-12)16-19-17(21-20-16)14-8-3-4-9-15(14)18;/h3-10H,11H2,1-2H3,(H,19,20,21);1H. The number of hydrogen-bond donors (Lipinski definition) is 1. The first-order chi connectivity index (χ1) is 10.6. The maximum Gasteiger partial charge on any atom is 0.181 e. The molecule has 0 radical (unpaired) electrons. The van der Waals surface area contributed by atoms with Crippen LogP contribution in [0, 0.1) is 5.82 Å². The molecule has 3 aromatic rings. The van der Waals surface area contributed by atoms with E-state index in [-0.39, 0.29) is 18.2 Å². The van der Waals surface area contributed by atoms with E-state index in [1.54, 1.807) is 18.2 Å². The first-order valence-electron chi connectivity index (χ1n) is 7.05. The average molecular weight is 333 g/mol. The molecule has 2 aromatic carbocycles. The van der Waals surface area contributed by atoms with Crippen molar-refractivity contribution in [3.63, 3.8) is 0 Å². The molecule has 0 fully saturated rings. The highest BCUT2D eigenvalue weighted by Gasteiger charge is 2.11. The Kier molecular flexibility index (Phi) is 5.47. The molecule has 0 aliphatic rings. The van der Waals surface area contributed by atoms with Crippen molar-refractivity contribution in [3.05, 3.63) is 59.9 Å². The minimum absolute atomic E-state index is 0. The third kappa shape index (κ3) is 3.94. The highest BCUT2D eigenvalue weighted by atomic mass is 35.5. The molecule has 6 heteroatoms. The van der Waals surface area contributed by atoms with Gasteiger partial charge < -0.3 is 4.90 Å². The third-order valence-electron chi connectivity index (χ3n) is 3.30. The minimum Gasteiger partial charge on any atom is -0.305 e. The van der Waals surface area contributed by atoms with Crippen molar-refractivity contribution < 1.29 is 4.39 Å². The number of rotatable bonds is 4. The second kappa shape index (κ2) is 7.35. The van der Waals surface area contributed by atoms with Crippen LogP contribution in [0.5, 0.6) is 0 Å². The summed E-state index contributed by atoms with van der Waals surface area (Å²) < 4.78 is 13.8. The Morgan fingerprint density at radius 3 is 2.61 bits per heavy atom. The Bertz CT molecular complexity index is 786. The smallest absolute Gasteiger partial charge is 0.181 e. The summed E-state index contributed by atoms with van der Waals surface area (Å²) in [6.45, 7) is 0.846. The molecule has 120 valence electrons. The lowest BCUT2D eigenvalue weighted by Gasteiger charge is -2.09. The van der Waals surface area contributed by atoms with Crippen LogP contribution >= 0.6 is 12.4 Å². The Morgan fingerprint density at radius 2 is 1.87 bits per heavy atom. The van der Waals surface area contributed by atoms with E-state index in [1.165, 1.54) is 11.6 Å². The first kappa shape index (κ1) is 17.1. The highest BCUT2D eigenvalue weighted by Crippen LogP contribution is 2.22. The van der Waals surface area contributed by atoms with E-state index in [0.29, 0.717) is 17.2 Å². The average Bonchev–Trinajstić information content (AvgIpc) is 2.97. The van der Waals surface area contributed by atoms with Gasteiger partial charge in [-0.15, -0.1) is 12.4 Å². The van der Waals surface area contributed by atoms with E-state index >= 15 is 0 Å². The number of aromatic nitrogens is 3. The normalized spacial score (nSPS) is 10.6. The van der Waals surface area contributed by atoms with E-state index < -0.39 is 0 Å². The number of nitrogens with zero attached hydrogens (tertiary/aromatic N) is 3. The van der Waals surface area contributed by atoms with Gasteiger partial charge in [0.25, 0.3) is 0 Å². The summed E-state index contributed by atoms with van der Waals surface area (Å²) in [6.07, 6.45) is 0. The Morgan fingerprint density at radius 1 is 1.09 bits per heavy atom. The van der Waals surface area contributed by atoms with Gasteiger partial charge >= 0.3 is 0 Å². The molecule has 0 amide bonds. The molecule has 3 rings (SSSR count). The zero-order valence-corrected chi connectivity index (χ0v) is 13.8. The van der Waals surface area contributed by atoms with Gasteiger partial charge in [-0.3, -0.25) is 5.10 Å². The lowest BCUT2D eigenvalue weighted by atomic mass is 10.1. The summed E-state index contributed by atoms with van der Waals surface area (Å²) in [7, 11) is 4.05. The van der Waals surface area contributed by atoms with Crippen LogP contribution in [0.1, 0.15) is 5.56 Å². The molecule has 0 bridgehead atoms. The molecule has 0 saturated heterocycles. The number of hydrogen-bond acceptors (Lipinski definition) is 3. The molecule has 0 spiro atoms. The fourth-order valence-electron chi connectivity index (χ4n) is 2.34. The summed E-state index contributed by atoms with van der Waals surface area (Å²) in [4.78, 5) is 6.51. The molecule has 0 aliphatic carbocycles. The van der Waals surface area contributed by atoms with Gasteiger partial charge in [0.05, 0.1) is 5.56 Å². The SMILES string of the molecule is CN(C)Cc1cccc(-c2n[nH]c(-c3ccccc3F)n2)c1.Cl. The monoisotopic (exact) mass is 332 g/mol. The van der Waals surface area contributed by atoms with Gasteiger partial charge in [-0.1, -0.05) is 30.3 Å². The van der Waals surface area contributed by atoms with Gasteiger partial charge in [-0.25, -0.2) is 9.37 Å². The number of nitrogens with one attached hydrogen (secondary N) is 1. The predicted octanol–water partition coefficient (Wildman–Crippen LogP) is 3.76. The summed E-state index contributed by atoms with van der Waals surface area (Å²) in [6, 6.07) is 14.6. The van der Waals surface area contributed by atoms with Crippen molar-refractivity contribution in [2.45, 2.75) is 6.54 Å². The van der Waals surface area contributed by atoms with Crippen molar-refractivity contribution in [1.82, 2.24) is 20.1 Å². The molecule has 0 unspecified atom stereocenters. The fraction of sp³-hybridized carbons (Fsp3) is 0.176. The number of aromatic amines is 1. The van der Waals surface area contributed by atoms with Crippen LogP contribution in [0.15, 0.2) is 48.5 Å². The molecular formula is C17H18ClFN4. The summed E-state index contributed by atoms with van der Waals surface area (Å²) >= 11 is 0. The molecule has 0 saturated carbocycles. The number of H-pyrrole nitrogens is 1. The van der Waals surface area contributed by atoms with Gasteiger partial charge in [-0.05, 0) is 37.9 Å². The van der Waals surface area contributed by atoms with Crippen LogP contribution in [0.2, 0.25) is 0 Å². The summed E-state index contributed by atoms with van der Waals surface area (Å²) in [5.74, 6) is 0.691. The van der Waals surface area contributed by atoms with Gasteiger partial charge in [0, 0.05) is 12.1 Å². The second-order valence-electron chi connectivity index (χ2n) is 5.43. The zero-order valence-electron chi connectivity index (χ0n) is 13.0. The predicted molar refractivity (Wildman–Crippen MR) is 91.9 cm³/mol. The highest BCUT2D eigenvalue weighted by molar-refractivity contribution is 5.85. The van der Waals surface area contributed by atoms with Gasteiger partial charge in [0.2, 0.25) is 0 Å². The molecule has 1 N–H and O–H groups in total. The van der Waals surface area contributed by atoms with Gasteiger partial charge in [-0.2, -0.15) is 5.10 Å². The molecule has 0 aliphatic heterocycles. The Labute approximate surface area is 140 Å². The van der Waals surface area contributed by atoms with Crippen LogP contribution in [-0.4, -0.2) is 34.2 Å². The van der Waals surface area contributed by atoms with Crippen molar-refractivity contribution in [2.24, 2.45) is 0 Å². The van der Waals surface area contributed by atoms with E-state index in [4.69, 9.17) is 0 Å². The summed E-state index contributed by atoms with van der Waals surface area (Å²) in [5, 5.41) is 7.02. The van der Waals surface area contributed by atoms with Crippen LogP contribution in [0.25, 0.3) is 22.8 Å². The third-order valence-corrected chi connectivity index (χ3v) is 3.30. The second-order valence-corrected chi connectivity index (χ2v) is 5.43. The molecule has 4 nitrogen and oxygen atoms in total. The van der Waals surface area contributed by atoms with Crippen LogP contribution in [0.4, 0.5) is 4.39 Å².